The normalized spacial score (nSPS) is 9.89. The standard InChI is InChI=1S/C8H8O3S.C5H8.Na.H/c9-12(10,11)7-6-8-4-2-1-3-5-8;1-4-5(2)3;;/h1-7H,(H,9,10,11);4H,1-2H2,3H3;;. The number of allylic oxidation sites excluding steroid dienone is 2. The predicted octanol–water partition coefficient (Wildman–Crippen LogP) is 2.65. The third kappa shape index (κ3) is 13.4. The van der Waals surface area contributed by atoms with E-state index in [2.05, 4.69) is 13.2 Å². The van der Waals surface area contributed by atoms with Crippen LogP contribution in [0.25, 0.3) is 6.08 Å². The Labute approximate surface area is 131 Å². The van der Waals surface area contributed by atoms with Crippen molar-refractivity contribution >= 4 is 45.8 Å². The van der Waals surface area contributed by atoms with Gasteiger partial charge in [-0.2, -0.15) is 8.42 Å². The van der Waals surface area contributed by atoms with Crippen LogP contribution in [-0.2, 0) is 10.1 Å². The summed E-state index contributed by atoms with van der Waals surface area (Å²) in [6.07, 6.45) is 3.05. The zero-order valence-corrected chi connectivity index (χ0v) is 10.5. The second-order valence-electron chi connectivity index (χ2n) is 3.28. The fourth-order valence-corrected chi connectivity index (χ4v) is 1.06. The number of hydrogen-bond donors (Lipinski definition) is 1. The van der Waals surface area contributed by atoms with E-state index in [1.165, 1.54) is 6.08 Å². The van der Waals surface area contributed by atoms with E-state index in [-0.39, 0.29) is 29.6 Å². The second-order valence-corrected chi connectivity index (χ2v) is 4.58. The molecule has 0 radical (unpaired) electrons. The maximum absolute atomic E-state index is 10.3. The summed E-state index contributed by atoms with van der Waals surface area (Å²) in [5, 5.41) is 0.752. The summed E-state index contributed by atoms with van der Waals surface area (Å²) in [5.74, 6) is 0. The summed E-state index contributed by atoms with van der Waals surface area (Å²) >= 11 is 0. The average Bonchev–Trinajstić information content (AvgIpc) is 2.28. The van der Waals surface area contributed by atoms with E-state index in [0.717, 1.165) is 16.5 Å². The van der Waals surface area contributed by atoms with Crippen LogP contribution in [0.2, 0.25) is 0 Å². The van der Waals surface area contributed by atoms with Crippen molar-refractivity contribution in [1.29, 1.82) is 0 Å². The molecule has 5 heteroatoms. The molecule has 0 fully saturated rings. The van der Waals surface area contributed by atoms with E-state index in [1.54, 1.807) is 30.3 Å². The van der Waals surface area contributed by atoms with Crippen LogP contribution in [0.1, 0.15) is 12.5 Å². The van der Waals surface area contributed by atoms with Crippen molar-refractivity contribution < 1.29 is 13.0 Å². The summed E-state index contributed by atoms with van der Waals surface area (Å²) in [7, 11) is -4.00. The molecule has 1 rings (SSSR count). The van der Waals surface area contributed by atoms with Crippen molar-refractivity contribution in [1.82, 2.24) is 0 Å². The van der Waals surface area contributed by atoms with E-state index in [4.69, 9.17) is 4.55 Å². The Morgan fingerprint density at radius 3 is 2.06 bits per heavy atom. The van der Waals surface area contributed by atoms with E-state index >= 15 is 0 Å². The van der Waals surface area contributed by atoms with Crippen molar-refractivity contribution in [3.05, 3.63) is 66.1 Å². The third-order valence-electron chi connectivity index (χ3n) is 1.58. The minimum atomic E-state index is -4.00. The third-order valence-corrected chi connectivity index (χ3v) is 2.06. The fourth-order valence-electron chi connectivity index (χ4n) is 0.729. The Morgan fingerprint density at radius 1 is 1.28 bits per heavy atom. The quantitative estimate of drug-likeness (QED) is 0.524. The van der Waals surface area contributed by atoms with Gasteiger partial charge in [0.15, 0.2) is 0 Å². The zero-order valence-electron chi connectivity index (χ0n) is 9.70. The molecule has 18 heavy (non-hydrogen) atoms. The molecule has 94 valence electrons. The predicted molar refractivity (Wildman–Crippen MR) is 79.2 cm³/mol. The fraction of sp³-hybridized carbons (Fsp3) is 0.0769. The molecule has 1 aromatic rings. The minimum absolute atomic E-state index is 0. The van der Waals surface area contributed by atoms with Crippen molar-refractivity contribution in [2.24, 2.45) is 0 Å². The number of rotatable bonds is 3. The Morgan fingerprint density at radius 2 is 1.72 bits per heavy atom. The molecule has 0 aromatic heterocycles. The Balaban J connectivity index is 0. The van der Waals surface area contributed by atoms with Gasteiger partial charge >= 0.3 is 29.6 Å². The molecule has 3 nitrogen and oxygen atoms in total. The molecule has 0 aliphatic rings. The molecule has 0 heterocycles. The first-order chi connectivity index (χ1) is 7.85. The van der Waals surface area contributed by atoms with Gasteiger partial charge in [0, 0.05) is 0 Å². The van der Waals surface area contributed by atoms with Gasteiger partial charge in [-0.15, -0.1) is 0 Å². The van der Waals surface area contributed by atoms with Crippen LogP contribution in [0.5, 0.6) is 0 Å². The monoisotopic (exact) mass is 276 g/mol. The zero-order chi connectivity index (χ0) is 13.3. The Bertz CT molecular complexity index is 490. The van der Waals surface area contributed by atoms with Crippen molar-refractivity contribution in [3.63, 3.8) is 0 Å². The topological polar surface area (TPSA) is 54.4 Å². The molecular weight excluding hydrogens is 259 g/mol. The molecule has 0 atom stereocenters. The maximum atomic E-state index is 10.3. The molecule has 0 aliphatic heterocycles. The van der Waals surface area contributed by atoms with Gasteiger partial charge in [0.2, 0.25) is 0 Å². The van der Waals surface area contributed by atoms with Crippen LogP contribution in [0, 0.1) is 0 Å². The van der Waals surface area contributed by atoms with E-state index in [1.807, 2.05) is 13.0 Å². The molecule has 0 unspecified atom stereocenters. The molecule has 0 aliphatic carbocycles. The number of benzene rings is 1. The van der Waals surface area contributed by atoms with E-state index < -0.39 is 10.1 Å². The first-order valence-electron chi connectivity index (χ1n) is 4.83. The van der Waals surface area contributed by atoms with Crippen LogP contribution >= 0.6 is 0 Å². The van der Waals surface area contributed by atoms with E-state index in [9.17, 15) is 8.42 Å². The first kappa shape index (κ1) is 19.7. The number of hydrogen-bond acceptors (Lipinski definition) is 2. The van der Waals surface area contributed by atoms with Gasteiger partial charge in [-0.25, -0.2) is 0 Å². The van der Waals surface area contributed by atoms with E-state index in [0.29, 0.717) is 0 Å². The van der Waals surface area contributed by atoms with Gasteiger partial charge in [-0.05, 0) is 18.6 Å². The second kappa shape index (κ2) is 10.3. The average molecular weight is 276 g/mol. The summed E-state index contributed by atoms with van der Waals surface area (Å²) in [5.41, 5.74) is 1.75. The van der Waals surface area contributed by atoms with Crippen molar-refractivity contribution in [2.45, 2.75) is 6.92 Å². The van der Waals surface area contributed by atoms with Crippen molar-refractivity contribution in [2.75, 3.05) is 0 Å². The molecule has 0 bridgehead atoms. The molecule has 1 aromatic carbocycles. The van der Waals surface area contributed by atoms with Gasteiger partial charge < -0.3 is 0 Å². The van der Waals surface area contributed by atoms with Crippen LogP contribution < -0.4 is 0 Å². The van der Waals surface area contributed by atoms with Crippen LogP contribution in [-0.4, -0.2) is 42.5 Å². The molecule has 0 amide bonds. The van der Waals surface area contributed by atoms with Gasteiger partial charge in [0.1, 0.15) is 0 Å². The molecule has 0 saturated heterocycles. The molecule has 0 spiro atoms. The van der Waals surface area contributed by atoms with Crippen LogP contribution in [0.3, 0.4) is 0 Å². The van der Waals surface area contributed by atoms with Gasteiger partial charge in [0.25, 0.3) is 10.1 Å². The van der Waals surface area contributed by atoms with Gasteiger partial charge in [-0.1, -0.05) is 55.1 Å². The Hall–Kier alpha value is -0.650. The Kier molecular flexibility index (Phi) is 11.3. The van der Waals surface area contributed by atoms with Crippen LogP contribution in [0.15, 0.2) is 60.5 Å². The van der Waals surface area contributed by atoms with Crippen molar-refractivity contribution in [3.8, 4) is 0 Å². The van der Waals surface area contributed by atoms with Gasteiger partial charge in [0.05, 0.1) is 5.41 Å². The summed E-state index contributed by atoms with van der Waals surface area (Å²) in [6, 6.07) is 8.86. The molecular formula is C13H17NaO3S. The molecule has 1 N–H and O–H groups in total. The summed E-state index contributed by atoms with van der Waals surface area (Å²) in [4.78, 5) is 0. The summed E-state index contributed by atoms with van der Waals surface area (Å²) in [6.45, 7) is 8.93. The summed E-state index contributed by atoms with van der Waals surface area (Å²) < 4.78 is 28.9. The SMILES string of the molecule is C=CC(=C)C.O=S(=O)(O)C=Cc1ccccc1.[NaH]. The molecule has 0 saturated carbocycles. The van der Waals surface area contributed by atoms with Gasteiger partial charge in [-0.3, -0.25) is 4.55 Å². The first-order valence-corrected chi connectivity index (χ1v) is 6.34. The van der Waals surface area contributed by atoms with Crippen LogP contribution in [0.4, 0.5) is 0 Å².